The molecule has 2 aromatic carbocycles. The maximum atomic E-state index is 13.4. The number of benzene rings is 2. The third kappa shape index (κ3) is 4.53. The van der Waals surface area contributed by atoms with Gasteiger partial charge in [-0.2, -0.15) is 4.31 Å². The highest BCUT2D eigenvalue weighted by molar-refractivity contribution is 7.89. The van der Waals surface area contributed by atoms with Gasteiger partial charge in [0.05, 0.1) is 31.3 Å². The summed E-state index contributed by atoms with van der Waals surface area (Å²) in [5.74, 6) is -0.0537. The Hall–Kier alpha value is -3.11. The molecule has 0 spiro atoms. The molecule has 10 heteroatoms. The number of amides is 1. The average molecular weight is 475 g/mol. The number of sulfonamides is 1. The Morgan fingerprint density at radius 2 is 1.67 bits per heavy atom. The molecule has 2 aliphatic rings. The van der Waals surface area contributed by atoms with Crippen molar-refractivity contribution in [2.45, 2.75) is 23.8 Å². The van der Waals surface area contributed by atoms with Crippen LogP contribution in [0.1, 0.15) is 12.8 Å². The Bertz CT molecular complexity index is 1130. The number of ether oxygens (including phenoxy) is 3. The van der Waals surface area contributed by atoms with E-state index < -0.39 is 22.1 Å². The molecule has 0 aliphatic carbocycles. The van der Waals surface area contributed by atoms with E-state index in [1.165, 1.54) is 30.7 Å². The van der Waals surface area contributed by atoms with Gasteiger partial charge in [-0.1, -0.05) is 12.1 Å². The zero-order valence-corrected chi connectivity index (χ0v) is 19.3. The fraction of sp³-hybridized carbons (Fsp3) is 0.391. The molecule has 2 heterocycles. The van der Waals surface area contributed by atoms with Gasteiger partial charge >= 0.3 is 5.97 Å². The van der Waals surface area contributed by atoms with E-state index in [2.05, 4.69) is 0 Å². The minimum atomic E-state index is -3.66. The Morgan fingerprint density at radius 3 is 2.30 bits per heavy atom. The molecule has 0 unspecified atom stereocenters. The standard InChI is InChI=1S/C23H26N2O7S/c1-30-17-7-9-18(10-8-17)33(28,29)24-13-11-16(12-14-24)22(26)25-15-21(23(27)31-2)32-20-6-4-3-5-19(20)25/h3-10,16,21H,11-15H2,1-2H3/t21-/m0/s1. The quantitative estimate of drug-likeness (QED) is 0.611. The normalized spacial score (nSPS) is 19.3. The van der Waals surface area contributed by atoms with E-state index in [0.717, 1.165) is 0 Å². The molecule has 9 nitrogen and oxygen atoms in total. The van der Waals surface area contributed by atoms with Crippen LogP contribution < -0.4 is 14.4 Å². The minimum absolute atomic E-state index is 0.0485. The summed E-state index contributed by atoms with van der Waals surface area (Å²) in [7, 11) is -0.867. The average Bonchev–Trinajstić information content (AvgIpc) is 2.87. The molecule has 33 heavy (non-hydrogen) atoms. The molecule has 0 bridgehead atoms. The lowest BCUT2D eigenvalue weighted by Gasteiger charge is -2.37. The Balaban J connectivity index is 1.47. The highest BCUT2D eigenvalue weighted by Gasteiger charge is 2.39. The number of rotatable bonds is 5. The van der Waals surface area contributed by atoms with Gasteiger partial charge < -0.3 is 19.1 Å². The predicted octanol–water partition coefficient (Wildman–Crippen LogP) is 2.06. The van der Waals surface area contributed by atoms with E-state index in [9.17, 15) is 18.0 Å². The third-order valence-corrected chi connectivity index (χ3v) is 7.92. The summed E-state index contributed by atoms with van der Waals surface area (Å²) in [5, 5.41) is 0. The zero-order valence-electron chi connectivity index (χ0n) is 18.5. The number of hydrogen-bond donors (Lipinski definition) is 0. The van der Waals surface area contributed by atoms with E-state index in [-0.39, 0.29) is 36.4 Å². The van der Waals surface area contributed by atoms with Crippen molar-refractivity contribution in [3.8, 4) is 11.5 Å². The van der Waals surface area contributed by atoms with Crippen LogP contribution in [0.4, 0.5) is 5.69 Å². The van der Waals surface area contributed by atoms with Gasteiger partial charge in [0.25, 0.3) is 0 Å². The van der Waals surface area contributed by atoms with Crippen LogP contribution in [0.25, 0.3) is 0 Å². The summed E-state index contributed by atoms with van der Waals surface area (Å²) >= 11 is 0. The highest BCUT2D eigenvalue weighted by Crippen LogP contribution is 2.36. The summed E-state index contributed by atoms with van der Waals surface area (Å²) in [6.45, 7) is 0.515. The van der Waals surface area contributed by atoms with Crippen molar-refractivity contribution in [1.82, 2.24) is 4.31 Å². The van der Waals surface area contributed by atoms with Crippen LogP contribution >= 0.6 is 0 Å². The maximum absolute atomic E-state index is 13.4. The first-order valence-electron chi connectivity index (χ1n) is 10.6. The Kier molecular flexibility index (Phi) is 6.57. The molecule has 176 valence electrons. The highest BCUT2D eigenvalue weighted by atomic mass is 32.2. The number of esters is 1. The van der Waals surface area contributed by atoms with Crippen LogP contribution in [-0.2, 0) is 24.3 Å². The van der Waals surface area contributed by atoms with Crippen molar-refractivity contribution < 1.29 is 32.2 Å². The third-order valence-electron chi connectivity index (χ3n) is 6.00. The first kappa shape index (κ1) is 23.1. The SMILES string of the molecule is COC(=O)[C@@H]1CN(C(=O)C2CCN(S(=O)(=O)c3ccc(OC)cc3)CC2)c2ccccc2O1. The van der Waals surface area contributed by atoms with Gasteiger partial charge in [0.2, 0.25) is 22.0 Å². The molecular weight excluding hydrogens is 448 g/mol. The summed E-state index contributed by atoms with van der Waals surface area (Å²) in [6, 6.07) is 13.3. The molecule has 4 rings (SSSR count). The first-order valence-corrected chi connectivity index (χ1v) is 12.1. The summed E-state index contributed by atoms with van der Waals surface area (Å²) < 4.78 is 43.0. The Labute approximate surface area is 192 Å². The number of piperidine rings is 1. The summed E-state index contributed by atoms with van der Waals surface area (Å²) in [4.78, 5) is 27.2. The van der Waals surface area contributed by atoms with Crippen LogP contribution in [0.5, 0.6) is 11.5 Å². The molecule has 0 saturated carbocycles. The smallest absolute Gasteiger partial charge is 0.348 e. The van der Waals surface area contributed by atoms with Crippen molar-refractivity contribution in [2.24, 2.45) is 5.92 Å². The molecule has 0 radical (unpaired) electrons. The summed E-state index contributed by atoms with van der Waals surface area (Å²) in [5.41, 5.74) is 0.593. The van der Waals surface area contributed by atoms with Gasteiger partial charge in [-0.05, 0) is 49.2 Å². The fourth-order valence-corrected chi connectivity index (χ4v) is 5.63. The largest absolute Gasteiger partial charge is 0.497 e. The van der Waals surface area contributed by atoms with Crippen LogP contribution in [0.2, 0.25) is 0 Å². The molecule has 1 fully saturated rings. The molecule has 1 amide bonds. The maximum Gasteiger partial charge on any atom is 0.348 e. The molecular formula is C23H26N2O7S. The van der Waals surface area contributed by atoms with E-state index >= 15 is 0 Å². The van der Waals surface area contributed by atoms with Crippen molar-refractivity contribution in [3.05, 3.63) is 48.5 Å². The molecule has 2 aliphatic heterocycles. The number of methoxy groups -OCH3 is 2. The van der Waals surface area contributed by atoms with E-state index in [1.807, 2.05) is 0 Å². The van der Waals surface area contributed by atoms with Crippen molar-refractivity contribution in [3.63, 3.8) is 0 Å². The number of fused-ring (bicyclic) bond motifs is 1. The lowest BCUT2D eigenvalue weighted by molar-refractivity contribution is -0.148. The van der Waals surface area contributed by atoms with Crippen molar-refractivity contribution in [2.75, 3.05) is 38.8 Å². The summed E-state index contributed by atoms with van der Waals surface area (Å²) in [6.07, 6.45) is -0.142. The van der Waals surface area contributed by atoms with E-state index in [4.69, 9.17) is 14.2 Å². The monoisotopic (exact) mass is 474 g/mol. The lowest BCUT2D eigenvalue weighted by atomic mass is 9.95. The van der Waals surface area contributed by atoms with Crippen LogP contribution in [-0.4, -0.2) is 64.6 Å². The fourth-order valence-electron chi connectivity index (χ4n) is 4.16. The van der Waals surface area contributed by atoms with Gasteiger partial charge in [-0.3, -0.25) is 4.79 Å². The van der Waals surface area contributed by atoms with Crippen LogP contribution in [0.3, 0.4) is 0 Å². The molecule has 1 atom stereocenters. The van der Waals surface area contributed by atoms with E-state index in [1.54, 1.807) is 41.3 Å². The number of nitrogens with zero attached hydrogens (tertiary/aromatic N) is 2. The molecule has 0 N–H and O–H groups in total. The second-order valence-electron chi connectivity index (χ2n) is 7.90. The zero-order chi connectivity index (χ0) is 23.6. The van der Waals surface area contributed by atoms with E-state index in [0.29, 0.717) is 30.0 Å². The second kappa shape index (κ2) is 9.40. The molecule has 0 aromatic heterocycles. The predicted molar refractivity (Wildman–Crippen MR) is 120 cm³/mol. The minimum Gasteiger partial charge on any atom is -0.497 e. The van der Waals surface area contributed by atoms with Gasteiger partial charge in [0, 0.05) is 19.0 Å². The van der Waals surface area contributed by atoms with Crippen LogP contribution in [0.15, 0.2) is 53.4 Å². The topological polar surface area (TPSA) is 102 Å². The van der Waals surface area contributed by atoms with Gasteiger partial charge in [-0.15, -0.1) is 0 Å². The van der Waals surface area contributed by atoms with Gasteiger partial charge in [0.15, 0.2) is 0 Å². The Morgan fingerprint density at radius 1 is 1.00 bits per heavy atom. The van der Waals surface area contributed by atoms with Gasteiger partial charge in [0.1, 0.15) is 11.5 Å². The number of carbonyl (C=O) groups is 2. The lowest BCUT2D eigenvalue weighted by Crippen LogP contribution is -2.51. The van der Waals surface area contributed by atoms with Crippen molar-refractivity contribution >= 4 is 27.6 Å². The number of hydrogen-bond acceptors (Lipinski definition) is 7. The van der Waals surface area contributed by atoms with Gasteiger partial charge in [-0.25, -0.2) is 13.2 Å². The first-order chi connectivity index (χ1) is 15.8. The number of carbonyl (C=O) groups excluding carboxylic acids is 2. The molecule has 2 aromatic rings. The number of anilines is 1. The number of para-hydroxylation sites is 2. The molecule has 1 saturated heterocycles. The second-order valence-corrected chi connectivity index (χ2v) is 9.84. The van der Waals surface area contributed by atoms with Crippen molar-refractivity contribution in [1.29, 1.82) is 0 Å². The van der Waals surface area contributed by atoms with Crippen LogP contribution in [0, 0.1) is 5.92 Å².